The van der Waals surface area contributed by atoms with E-state index in [0.29, 0.717) is 4.47 Å². The van der Waals surface area contributed by atoms with Gasteiger partial charge in [0.15, 0.2) is 0 Å². The number of rotatable bonds is 5. The maximum atomic E-state index is 11.0. The van der Waals surface area contributed by atoms with Crippen molar-refractivity contribution >= 4 is 38.9 Å². The van der Waals surface area contributed by atoms with E-state index in [1.54, 1.807) is 17.4 Å². The lowest BCUT2D eigenvalue weighted by atomic mass is 10.2. The molecule has 100 valence electrons. The van der Waals surface area contributed by atoms with E-state index in [1.165, 1.54) is 4.88 Å². The van der Waals surface area contributed by atoms with Crippen LogP contribution in [0.25, 0.3) is 0 Å². The lowest BCUT2D eigenvalue weighted by molar-refractivity contribution is 0.0696. The number of aromatic carboxylic acids is 1. The number of carboxylic acid groups (broad SMARTS) is 1. The molecule has 0 radical (unpaired) electrons. The molecule has 0 atom stereocenters. The molecule has 0 amide bonds. The fourth-order valence-corrected chi connectivity index (χ4v) is 3.11. The molecule has 0 spiro atoms. The number of nitrogens with zero attached hydrogens (tertiary/aromatic N) is 1. The summed E-state index contributed by atoms with van der Waals surface area (Å²) < 4.78 is 0.613. The van der Waals surface area contributed by atoms with Crippen molar-refractivity contribution in [3.8, 4) is 0 Å². The van der Waals surface area contributed by atoms with Crippen molar-refractivity contribution in [2.75, 3.05) is 11.4 Å². The number of hydrogen-bond donors (Lipinski definition) is 1. The van der Waals surface area contributed by atoms with Gasteiger partial charge in [-0.25, -0.2) is 4.79 Å². The molecule has 0 fully saturated rings. The van der Waals surface area contributed by atoms with Gasteiger partial charge in [-0.15, -0.1) is 11.3 Å². The largest absolute Gasteiger partial charge is 0.478 e. The normalized spacial score (nSPS) is 10.4. The van der Waals surface area contributed by atoms with Crippen LogP contribution >= 0.6 is 27.3 Å². The maximum Gasteiger partial charge on any atom is 0.336 e. The van der Waals surface area contributed by atoms with Crippen molar-refractivity contribution in [3.05, 3.63) is 50.6 Å². The van der Waals surface area contributed by atoms with E-state index in [4.69, 9.17) is 5.11 Å². The predicted molar refractivity (Wildman–Crippen MR) is 82.1 cm³/mol. The Balaban J connectivity index is 2.23. The van der Waals surface area contributed by atoms with Gasteiger partial charge in [-0.3, -0.25) is 0 Å². The minimum atomic E-state index is -0.917. The first-order valence-corrected chi connectivity index (χ1v) is 7.59. The van der Waals surface area contributed by atoms with Gasteiger partial charge in [0, 0.05) is 21.6 Å². The van der Waals surface area contributed by atoms with Crippen LogP contribution in [0.5, 0.6) is 0 Å². The average Bonchev–Trinajstić information content (AvgIpc) is 2.88. The van der Waals surface area contributed by atoms with Crippen LogP contribution in [0.2, 0.25) is 0 Å². The van der Waals surface area contributed by atoms with Gasteiger partial charge in [0.05, 0.1) is 12.1 Å². The standard InChI is InChI=1S/C14H14BrNO2S/c1-2-16(9-11-4-3-7-19-11)10-5-6-12(14(17)18)13(15)8-10/h3-8H,2,9H2,1H3,(H,17,18). The summed E-state index contributed by atoms with van der Waals surface area (Å²) in [6.45, 7) is 3.80. The summed E-state index contributed by atoms with van der Waals surface area (Å²) in [6, 6.07) is 9.50. The molecule has 0 unspecified atom stereocenters. The van der Waals surface area contributed by atoms with Gasteiger partial charge in [0.25, 0.3) is 0 Å². The molecule has 1 aromatic heterocycles. The van der Waals surface area contributed by atoms with Crippen LogP contribution in [0.4, 0.5) is 5.69 Å². The second-order valence-electron chi connectivity index (χ2n) is 4.06. The van der Waals surface area contributed by atoms with Gasteiger partial charge in [0.2, 0.25) is 0 Å². The minimum absolute atomic E-state index is 0.288. The van der Waals surface area contributed by atoms with Crippen molar-refractivity contribution in [3.63, 3.8) is 0 Å². The molecule has 2 aromatic rings. The molecule has 2 rings (SSSR count). The molecule has 1 heterocycles. The fourth-order valence-electron chi connectivity index (χ4n) is 1.85. The summed E-state index contributed by atoms with van der Waals surface area (Å²) in [7, 11) is 0. The summed E-state index contributed by atoms with van der Waals surface area (Å²) in [5, 5.41) is 11.1. The van der Waals surface area contributed by atoms with Gasteiger partial charge in [-0.2, -0.15) is 0 Å². The maximum absolute atomic E-state index is 11.0. The average molecular weight is 340 g/mol. The third-order valence-electron chi connectivity index (χ3n) is 2.86. The quantitative estimate of drug-likeness (QED) is 0.885. The number of carbonyl (C=O) groups is 1. The molecule has 0 bridgehead atoms. The zero-order valence-electron chi connectivity index (χ0n) is 10.5. The molecule has 0 saturated heterocycles. The van der Waals surface area contributed by atoms with Crippen LogP contribution in [-0.4, -0.2) is 17.6 Å². The van der Waals surface area contributed by atoms with Gasteiger partial charge in [-0.1, -0.05) is 6.07 Å². The van der Waals surface area contributed by atoms with Crippen LogP contribution in [0, 0.1) is 0 Å². The first kappa shape index (κ1) is 14.1. The lowest BCUT2D eigenvalue weighted by Gasteiger charge is -2.23. The highest BCUT2D eigenvalue weighted by molar-refractivity contribution is 9.10. The Kier molecular flexibility index (Phi) is 4.61. The summed E-state index contributed by atoms with van der Waals surface area (Å²) in [5.74, 6) is -0.917. The van der Waals surface area contributed by atoms with Gasteiger partial charge in [-0.05, 0) is 52.5 Å². The molecule has 1 aromatic carbocycles. The van der Waals surface area contributed by atoms with Crippen molar-refractivity contribution in [2.45, 2.75) is 13.5 Å². The Labute approximate surface area is 124 Å². The number of halogens is 1. The van der Waals surface area contributed by atoms with Crippen molar-refractivity contribution < 1.29 is 9.90 Å². The van der Waals surface area contributed by atoms with E-state index in [0.717, 1.165) is 18.8 Å². The third kappa shape index (κ3) is 3.36. The van der Waals surface area contributed by atoms with E-state index in [2.05, 4.69) is 39.2 Å². The zero-order valence-corrected chi connectivity index (χ0v) is 12.9. The van der Waals surface area contributed by atoms with Gasteiger partial charge in [0.1, 0.15) is 0 Å². The highest BCUT2D eigenvalue weighted by atomic mass is 79.9. The summed E-state index contributed by atoms with van der Waals surface area (Å²) >= 11 is 5.04. The van der Waals surface area contributed by atoms with Gasteiger partial charge >= 0.3 is 5.97 Å². The Hall–Kier alpha value is -1.33. The third-order valence-corrected chi connectivity index (χ3v) is 4.37. The molecule has 19 heavy (non-hydrogen) atoms. The first-order valence-electron chi connectivity index (χ1n) is 5.92. The molecule has 5 heteroatoms. The smallest absolute Gasteiger partial charge is 0.336 e. The number of benzene rings is 1. The Bertz CT molecular complexity index is 569. The Morgan fingerprint density at radius 1 is 1.42 bits per heavy atom. The molecule has 0 aliphatic heterocycles. The number of anilines is 1. The van der Waals surface area contributed by atoms with E-state index in [1.807, 2.05) is 18.2 Å². The van der Waals surface area contributed by atoms with E-state index in [-0.39, 0.29) is 5.56 Å². The van der Waals surface area contributed by atoms with Crippen molar-refractivity contribution in [1.29, 1.82) is 0 Å². The minimum Gasteiger partial charge on any atom is -0.478 e. The van der Waals surface area contributed by atoms with E-state index >= 15 is 0 Å². The number of carboxylic acids is 1. The van der Waals surface area contributed by atoms with Gasteiger partial charge < -0.3 is 10.0 Å². The highest BCUT2D eigenvalue weighted by Gasteiger charge is 2.12. The van der Waals surface area contributed by atoms with Crippen LogP contribution in [-0.2, 0) is 6.54 Å². The van der Waals surface area contributed by atoms with Crippen molar-refractivity contribution in [2.24, 2.45) is 0 Å². The first-order chi connectivity index (χ1) is 9.11. The predicted octanol–water partition coefficient (Wildman–Crippen LogP) is 4.24. The topological polar surface area (TPSA) is 40.5 Å². The molecule has 0 saturated carbocycles. The Morgan fingerprint density at radius 3 is 2.74 bits per heavy atom. The fraction of sp³-hybridized carbons (Fsp3) is 0.214. The molecule has 3 nitrogen and oxygen atoms in total. The second-order valence-corrected chi connectivity index (χ2v) is 5.95. The molecule has 0 aliphatic rings. The summed E-state index contributed by atoms with van der Waals surface area (Å²) in [6.07, 6.45) is 0. The van der Waals surface area contributed by atoms with Crippen molar-refractivity contribution in [1.82, 2.24) is 0 Å². The van der Waals surface area contributed by atoms with E-state index in [9.17, 15) is 4.79 Å². The molecule has 1 N–H and O–H groups in total. The lowest BCUT2D eigenvalue weighted by Crippen LogP contribution is -2.21. The summed E-state index contributed by atoms with van der Waals surface area (Å²) in [5.41, 5.74) is 1.31. The zero-order chi connectivity index (χ0) is 13.8. The number of hydrogen-bond acceptors (Lipinski definition) is 3. The van der Waals surface area contributed by atoms with Crippen LogP contribution in [0.3, 0.4) is 0 Å². The SMILES string of the molecule is CCN(Cc1cccs1)c1ccc(C(=O)O)c(Br)c1. The Morgan fingerprint density at radius 2 is 2.21 bits per heavy atom. The second kappa shape index (κ2) is 6.21. The van der Waals surface area contributed by atoms with Crippen LogP contribution < -0.4 is 4.90 Å². The van der Waals surface area contributed by atoms with Crippen LogP contribution in [0.15, 0.2) is 40.2 Å². The van der Waals surface area contributed by atoms with E-state index < -0.39 is 5.97 Å². The highest BCUT2D eigenvalue weighted by Crippen LogP contribution is 2.26. The molecular weight excluding hydrogens is 326 g/mol. The summed E-state index contributed by atoms with van der Waals surface area (Å²) in [4.78, 5) is 14.5. The molecule has 0 aliphatic carbocycles. The molecular formula is C14H14BrNO2S. The number of thiophene rings is 1. The monoisotopic (exact) mass is 339 g/mol. The van der Waals surface area contributed by atoms with Crippen LogP contribution in [0.1, 0.15) is 22.2 Å².